The highest BCUT2D eigenvalue weighted by molar-refractivity contribution is 5.91. The van der Waals surface area contributed by atoms with Gasteiger partial charge in [0.05, 0.1) is 11.9 Å². The van der Waals surface area contributed by atoms with Crippen LogP contribution >= 0.6 is 0 Å². The van der Waals surface area contributed by atoms with E-state index in [-0.39, 0.29) is 18.3 Å². The van der Waals surface area contributed by atoms with Crippen molar-refractivity contribution in [2.75, 3.05) is 6.54 Å². The normalized spacial score (nSPS) is 17.2. The molecule has 1 aromatic heterocycles. The number of rotatable bonds is 11. The smallest absolute Gasteiger partial charge is 0.408 e. The molecule has 4 atom stereocenters. The fourth-order valence-electron chi connectivity index (χ4n) is 5.19. The van der Waals surface area contributed by atoms with Gasteiger partial charge in [0, 0.05) is 18.1 Å². The fraction of sp³-hybridized carbons (Fsp3) is 0.568. The quantitative estimate of drug-likeness (QED) is 0.212. The molecular formula is C37H53N5O8. The minimum absolute atomic E-state index is 0.139. The summed E-state index contributed by atoms with van der Waals surface area (Å²) in [4.78, 5) is 68.4. The number of ether oxygens (including phenoxy) is 3. The van der Waals surface area contributed by atoms with Gasteiger partial charge in [-0.2, -0.15) is 0 Å². The lowest BCUT2D eigenvalue weighted by molar-refractivity contribution is -0.157. The minimum Gasteiger partial charge on any atom is -0.460 e. The number of carbonyl (C=O) groups excluding carboxylic acids is 5. The maximum Gasteiger partial charge on any atom is 0.408 e. The number of amides is 3. The number of carbonyl (C=O) groups is 5. The zero-order valence-electron chi connectivity index (χ0n) is 30.9. The molecule has 1 saturated heterocycles. The third-order valence-corrected chi connectivity index (χ3v) is 7.59. The van der Waals surface area contributed by atoms with Crippen LogP contribution in [-0.2, 0) is 33.4 Å². The highest BCUT2D eigenvalue weighted by Gasteiger charge is 2.34. The van der Waals surface area contributed by atoms with Crippen LogP contribution in [0.15, 0.2) is 36.5 Å². The first-order chi connectivity index (χ1) is 23.2. The summed E-state index contributed by atoms with van der Waals surface area (Å²) < 4.78 is 16.4. The van der Waals surface area contributed by atoms with Gasteiger partial charge in [-0.1, -0.05) is 32.1 Å². The molecule has 50 heavy (non-hydrogen) atoms. The summed E-state index contributed by atoms with van der Waals surface area (Å²) in [6, 6.07) is 4.92. The predicted octanol–water partition coefficient (Wildman–Crippen LogP) is 5.13. The number of hydrogen-bond acceptors (Lipinski definition) is 10. The van der Waals surface area contributed by atoms with Gasteiger partial charge >= 0.3 is 18.0 Å². The van der Waals surface area contributed by atoms with Gasteiger partial charge in [-0.25, -0.2) is 10.2 Å². The van der Waals surface area contributed by atoms with E-state index in [4.69, 9.17) is 14.2 Å². The molecule has 3 rings (SSSR count). The summed E-state index contributed by atoms with van der Waals surface area (Å²) in [6.45, 7) is 17.9. The highest BCUT2D eigenvalue weighted by Crippen LogP contribution is 2.24. The molecular weight excluding hydrogens is 642 g/mol. The van der Waals surface area contributed by atoms with Crippen LogP contribution < -0.4 is 16.1 Å². The molecule has 2 heterocycles. The first-order valence-electron chi connectivity index (χ1n) is 17.1. The van der Waals surface area contributed by atoms with Crippen molar-refractivity contribution in [3.63, 3.8) is 0 Å². The molecule has 13 heteroatoms. The lowest BCUT2D eigenvalue weighted by atomic mass is 10.0. The van der Waals surface area contributed by atoms with Crippen LogP contribution in [-0.4, -0.2) is 75.7 Å². The standard InChI is InChI=1S/C37H53N5O8/c1-22(2)31(40-35(47)50-37(8,9)10)32(44)39-23(3)33(45)42-18-12-14-29(41-42)34(46)48-24(4)26-16-17-28-27(20-26)19-25(21-38-28)13-11-15-30(43)49-36(5,6)7/h11,13,16-17,19-24,29,31,41H,12,14-15,18H2,1-10H3,(H,39,44)(H,40,47). The topological polar surface area (TPSA) is 165 Å². The second-order valence-electron chi connectivity index (χ2n) is 14.9. The van der Waals surface area contributed by atoms with E-state index in [0.717, 1.165) is 22.0 Å². The van der Waals surface area contributed by atoms with Crippen LogP contribution in [0.3, 0.4) is 0 Å². The van der Waals surface area contributed by atoms with Gasteiger partial charge in [-0.15, -0.1) is 0 Å². The molecule has 0 radical (unpaired) electrons. The van der Waals surface area contributed by atoms with E-state index >= 15 is 0 Å². The Labute approximate surface area is 294 Å². The monoisotopic (exact) mass is 695 g/mol. The number of benzene rings is 1. The Morgan fingerprint density at radius 2 is 1.66 bits per heavy atom. The minimum atomic E-state index is -0.936. The molecule has 0 bridgehead atoms. The SMILES string of the molecule is CC(NC(=O)C(NC(=O)OC(C)(C)C)C(C)C)C(=O)N1CCCC(C(=O)OC(C)c2ccc3ncc(C=CCC(=O)OC(C)(C)C)cc3c2)N1. The Bertz CT molecular complexity index is 1580. The fourth-order valence-corrected chi connectivity index (χ4v) is 5.19. The molecule has 3 amide bonds. The molecule has 1 fully saturated rings. The molecule has 0 aliphatic carbocycles. The lowest BCUT2D eigenvalue weighted by Gasteiger charge is -2.35. The van der Waals surface area contributed by atoms with E-state index in [1.165, 1.54) is 5.01 Å². The number of nitrogens with one attached hydrogen (secondary N) is 3. The number of hydrazine groups is 1. The summed E-state index contributed by atoms with van der Waals surface area (Å²) >= 11 is 0. The summed E-state index contributed by atoms with van der Waals surface area (Å²) in [5.74, 6) is -2.05. The molecule has 4 unspecified atom stereocenters. The van der Waals surface area contributed by atoms with Gasteiger partial charge in [0.1, 0.15) is 35.4 Å². The van der Waals surface area contributed by atoms with Crippen LogP contribution in [0.25, 0.3) is 17.0 Å². The van der Waals surface area contributed by atoms with Gasteiger partial charge in [0.25, 0.3) is 5.91 Å². The van der Waals surface area contributed by atoms with Crippen molar-refractivity contribution in [1.29, 1.82) is 0 Å². The molecule has 1 aliphatic heterocycles. The summed E-state index contributed by atoms with van der Waals surface area (Å²) in [5, 5.41) is 7.44. The summed E-state index contributed by atoms with van der Waals surface area (Å²) in [5.41, 5.74) is 4.03. The molecule has 0 saturated carbocycles. The Balaban J connectivity index is 1.59. The average molecular weight is 696 g/mol. The largest absolute Gasteiger partial charge is 0.460 e. The first-order valence-corrected chi connectivity index (χ1v) is 17.1. The van der Waals surface area contributed by atoms with Crippen molar-refractivity contribution < 1.29 is 38.2 Å². The van der Waals surface area contributed by atoms with Crippen LogP contribution in [0.2, 0.25) is 0 Å². The number of pyridine rings is 1. The molecule has 0 spiro atoms. The van der Waals surface area contributed by atoms with E-state index in [9.17, 15) is 24.0 Å². The zero-order valence-corrected chi connectivity index (χ0v) is 30.9. The van der Waals surface area contributed by atoms with Crippen molar-refractivity contribution in [3.05, 3.63) is 47.7 Å². The highest BCUT2D eigenvalue weighted by atomic mass is 16.6. The van der Waals surface area contributed by atoms with Crippen LogP contribution in [0.4, 0.5) is 4.79 Å². The second-order valence-corrected chi connectivity index (χ2v) is 14.9. The van der Waals surface area contributed by atoms with Crippen LogP contribution in [0.1, 0.15) is 106 Å². The molecule has 1 aromatic carbocycles. The summed E-state index contributed by atoms with van der Waals surface area (Å²) in [6.07, 6.45) is 5.10. The number of alkyl carbamates (subject to hydrolysis) is 1. The van der Waals surface area contributed by atoms with E-state index in [0.29, 0.717) is 19.4 Å². The van der Waals surface area contributed by atoms with Crippen LogP contribution in [0, 0.1) is 5.92 Å². The Kier molecular flexibility index (Phi) is 13.5. The van der Waals surface area contributed by atoms with Crippen molar-refractivity contribution in [2.24, 2.45) is 5.92 Å². The molecule has 2 aromatic rings. The van der Waals surface area contributed by atoms with Gasteiger partial charge in [0.2, 0.25) is 5.91 Å². The van der Waals surface area contributed by atoms with Crippen molar-refractivity contribution in [1.82, 2.24) is 26.1 Å². The molecule has 274 valence electrons. The number of hydrogen-bond donors (Lipinski definition) is 3. The third-order valence-electron chi connectivity index (χ3n) is 7.59. The predicted molar refractivity (Wildman–Crippen MR) is 189 cm³/mol. The Morgan fingerprint density at radius 1 is 0.980 bits per heavy atom. The van der Waals surface area contributed by atoms with E-state index in [1.807, 2.05) is 51.1 Å². The number of nitrogens with zero attached hydrogens (tertiary/aromatic N) is 2. The Morgan fingerprint density at radius 3 is 2.30 bits per heavy atom. The van der Waals surface area contributed by atoms with Crippen LogP contribution in [0.5, 0.6) is 0 Å². The van der Waals surface area contributed by atoms with E-state index < -0.39 is 59.3 Å². The zero-order chi connectivity index (χ0) is 37.4. The van der Waals surface area contributed by atoms with Crippen molar-refractivity contribution in [2.45, 2.75) is 124 Å². The van der Waals surface area contributed by atoms with Gasteiger partial charge in [0.15, 0.2) is 0 Å². The molecule has 3 N–H and O–H groups in total. The average Bonchev–Trinajstić information content (AvgIpc) is 3.01. The number of fused-ring (bicyclic) bond motifs is 1. The van der Waals surface area contributed by atoms with E-state index in [2.05, 4.69) is 21.0 Å². The third kappa shape index (κ3) is 12.4. The summed E-state index contributed by atoms with van der Waals surface area (Å²) in [7, 11) is 0. The van der Waals surface area contributed by atoms with Gasteiger partial charge in [-0.3, -0.25) is 29.2 Å². The lowest BCUT2D eigenvalue weighted by Crippen LogP contribution is -2.61. The van der Waals surface area contributed by atoms with Gasteiger partial charge in [-0.05, 0) is 103 Å². The second kappa shape index (κ2) is 16.9. The number of aromatic nitrogens is 1. The maximum atomic E-state index is 13.3. The number of esters is 2. The van der Waals surface area contributed by atoms with Crippen molar-refractivity contribution in [3.8, 4) is 0 Å². The van der Waals surface area contributed by atoms with E-state index in [1.54, 1.807) is 60.7 Å². The maximum absolute atomic E-state index is 13.3. The molecule has 13 nitrogen and oxygen atoms in total. The van der Waals surface area contributed by atoms with Crippen molar-refractivity contribution >= 4 is 46.8 Å². The first kappa shape index (κ1) is 39.9. The Hall–Kier alpha value is -4.52. The molecule has 1 aliphatic rings. The van der Waals surface area contributed by atoms with Gasteiger partial charge < -0.3 is 24.8 Å².